The summed E-state index contributed by atoms with van der Waals surface area (Å²) in [6.07, 6.45) is 7.01. The Morgan fingerprint density at radius 3 is 2.38 bits per heavy atom. The Kier molecular flexibility index (Phi) is 8.77. The van der Waals surface area contributed by atoms with Gasteiger partial charge in [0.25, 0.3) is 0 Å². The van der Waals surface area contributed by atoms with E-state index in [4.69, 9.17) is 18.9 Å². The van der Waals surface area contributed by atoms with Crippen molar-refractivity contribution < 1.29 is 18.7 Å². The van der Waals surface area contributed by atoms with Crippen LogP contribution < -0.4 is 4.90 Å². The number of aliphatic carboxylic acids is 1. The molecule has 0 fully saturated rings. The molecule has 0 amide bonds. The van der Waals surface area contributed by atoms with Gasteiger partial charge < -0.3 is 23.4 Å². The van der Waals surface area contributed by atoms with Crippen LogP contribution in [0.3, 0.4) is 0 Å². The molecule has 8 nitrogen and oxygen atoms in total. The van der Waals surface area contributed by atoms with Crippen molar-refractivity contribution in [1.82, 2.24) is 9.55 Å². The molecule has 3 aromatic heterocycles. The minimum atomic E-state index is -0.761. The minimum absolute atomic E-state index is 0.173. The van der Waals surface area contributed by atoms with E-state index in [1.807, 2.05) is 12.1 Å². The predicted octanol–water partition coefficient (Wildman–Crippen LogP) is 10.4. The number of benzene rings is 4. The number of nitriles is 1. The highest BCUT2D eigenvalue weighted by Gasteiger charge is 2.26. The Balaban J connectivity index is 1.48. The van der Waals surface area contributed by atoms with Crippen LogP contribution in [0.1, 0.15) is 70.8 Å². The number of anilines is 1. The summed E-state index contributed by atoms with van der Waals surface area (Å²) >= 11 is 0. The van der Waals surface area contributed by atoms with Crippen molar-refractivity contribution >= 4 is 66.5 Å². The SMILES string of the molecule is CCCCN(CCCC)c1ccc2c(c1)oc1c3oc(-c4ccc(C#N)cc4)nc3c3c(c4ccccc4n3CCCCCC(=O)O)c21. The van der Waals surface area contributed by atoms with Gasteiger partial charge in [-0.1, -0.05) is 51.3 Å². The first-order valence-corrected chi connectivity index (χ1v) is 17.2. The number of aromatic nitrogens is 2. The number of carboxylic acids is 1. The van der Waals surface area contributed by atoms with Gasteiger partial charge in [-0.05, 0) is 68.1 Å². The highest BCUT2D eigenvalue weighted by Crippen LogP contribution is 2.46. The maximum absolute atomic E-state index is 11.1. The number of furan rings is 1. The van der Waals surface area contributed by atoms with E-state index in [1.165, 1.54) is 0 Å². The zero-order valence-corrected chi connectivity index (χ0v) is 27.6. The molecule has 0 aliphatic carbocycles. The van der Waals surface area contributed by atoms with Crippen LogP contribution >= 0.6 is 0 Å². The van der Waals surface area contributed by atoms with Gasteiger partial charge in [-0.25, -0.2) is 4.98 Å². The zero-order chi connectivity index (χ0) is 33.2. The number of carbonyl (C=O) groups is 1. The van der Waals surface area contributed by atoms with E-state index < -0.39 is 5.97 Å². The van der Waals surface area contributed by atoms with Crippen LogP contribution in [0.4, 0.5) is 5.69 Å². The lowest BCUT2D eigenvalue weighted by Gasteiger charge is -2.24. The van der Waals surface area contributed by atoms with Gasteiger partial charge in [0.15, 0.2) is 5.58 Å². The number of carboxylic acid groups (broad SMARTS) is 1. The lowest BCUT2D eigenvalue weighted by Crippen LogP contribution is -2.25. The van der Waals surface area contributed by atoms with Crippen molar-refractivity contribution in [3.8, 4) is 17.5 Å². The van der Waals surface area contributed by atoms with E-state index >= 15 is 0 Å². The van der Waals surface area contributed by atoms with Crippen LogP contribution in [0.2, 0.25) is 0 Å². The van der Waals surface area contributed by atoms with Crippen molar-refractivity contribution in [3.63, 3.8) is 0 Å². The van der Waals surface area contributed by atoms with Gasteiger partial charge in [-0.3, -0.25) is 4.79 Å². The van der Waals surface area contributed by atoms with Crippen LogP contribution in [0.5, 0.6) is 0 Å². The topological polar surface area (TPSA) is 108 Å². The molecule has 7 aromatic rings. The van der Waals surface area contributed by atoms with Crippen LogP contribution in [0.15, 0.2) is 75.6 Å². The van der Waals surface area contributed by atoms with Crippen molar-refractivity contribution in [3.05, 3.63) is 72.3 Å². The van der Waals surface area contributed by atoms with E-state index in [2.05, 4.69) is 71.8 Å². The number of rotatable bonds is 14. The summed E-state index contributed by atoms with van der Waals surface area (Å²) in [5, 5.41) is 22.8. The second-order valence-electron chi connectivity index (χ2n) is 12.7. The van der Waals surface area contributed by atoms with E-state index in [1.54, 1.807) is 12.1 Å². The smallest absolute Gasteiger partial charge is 0.303 e. The molecule has 0 saturated heterocycles. The van der Waals surface area contributed by atoms with E-state index in [9.17, 15) is 10.1 Å². The Morgan fingerprint density at radius 2 is 1.65 bits per heavy atom. The molecule has 0 aliphatic rings. The molecular weight excluding hydrogens is 600 g/mol. The lowest BCUT2D eigenvalue weighted by atomic mass is 10.0. The predicted molar refractivity (Wildman–Crippen MR) is 193 cm³/mol. The molecule has 0 saturated carbocycles. The fraction of sp³-hybridized carbons (Fsp3) is 0.325. The quantitative estimate of drug-likeness (QED) is 0.118. The zero-order valence-electron chi connectivity index (χ0n) is 27.6. The molecule has 3 heterocycles. The van der Waals surface area contributed by atoms with Crippen LogP contribution in [-0.2, 0) is 11.3 Å². The van der Waals surface area contributed by atoms with Crippen LogP contribution in [0, 0.1) is 11.3 Å². The minimum Gasteiger partial charge on any atom is -0.481 e. The lowest BCUT2D eigenvalue weighted by molar-refractivity contribution is -0.137. The van der Waals surface area contributed by atoms with E-state index in [0.29, 0.717) is 35.6 Å². The monoisotopic (exact) mass is 640 g/mol. The molecule has 0 spiro atoms. The first-order valence-electron chi connectivity index (χ1n) is 17.2. The highest BCUT2D eigenvalue weighted by atomic mass is 16.4. The largest absolute Gasteiger partial charge is 0.481 e. The molecule has 4 aromatic carbocycles. The molecule has 0 radical (unpaired) electrons. The summed E-state index contributed by atoms with van der Waals surface area (Å²) in [4.78, 5) is 18.7. The average molecular weight is 641 g/mol. The van der Waals surface area contributed by atoms with E-state index in [-0.39, 0.29) is 6.42 Å². The van der Waals surface area contributed by atoms with Crippen molar-refractivity contribution in [2.75, 3.05) is 18.0 Å². The number of aryl methyl sites for hydroxylation is 1. The molecule has 1 N–H and O–H groups in total. The molecule has 0 atom stereocenters. The Labute approximate surface area is 279 Å². The first-order chi connectivity index (χ1) is 23.5. The fourth-order valence-corrected chi connectivity index (χ4v) is 6.96. The van der Waals surface area contributed by atoms with Gasteiger partial charge >= 0.3 is 5.97 Å². The normalized spacial score (nSPS) is 11.8. The summed E-state index contributed by atoms with van der Waals surface area (Å²) in [6.45, 7) is 7.19. The third-order valence-corrected chi connectivity index (χ3v) is 9.41. The second-order valence-corrected chi connectivity index (χ2v) is 12.7. The van der Waals surface area contributed by atoms with Crippen molar-refractivity contribution in [2.45, 2.75) is 71.8 Å². The van der Waals surface area contributed by atoms with Crippen LogP contribution in [0.25, 0.3) is 66.3 Å². The molecule has 244 valence electrons. The number of hydrogen-bond donors (Lipinski definition) is 1. The fourth-order valence-electron chi connectivity index (χ4n) is 6.96. The number of hydrogen-bond acceptors (Lipinski definition) is 6. The number of unbranched alkanes of at least 4 members (excludes halogenated alkanes) is 4. The highest BCUT2D eigenvalue weighted by molar-refractivity contribution is 6.34. The van der Waals surface area contributed by atoms with Crippen molar-refractivity contribution in [1.29, 1.82) is 5.26 Å². The number of para-hydroxylation sites is 1. The van der Waals surface area contributed by atoms with Gasteiger partial charge in [-0.2, -0.15) is 5.26 Å². The molecule has 7 rings (SSSR count). The van der Waals surface area contributed by atoms with Crippen molar-refractivity contribution in [2.24, 2.45) is 0 Å². The summed E-state index contributed by atoms with van der Waals surface area (Å²) < 4.78 is 15.7. The Morgan fingerprint density at radius 1 is 0.875 bits per heavy atom. The van der Waals surface area contributed by atoms with Gasteiger partial charge in [0, 0.05) is 70.4 Å². The number of fused-ring (bicyclic) bond motifs is 10. The summed E-state index contributed by atoms with van der Waals surface area (Å²) in [6, 6.07) is 24.5. The average Bonchev–Trinajstić information content (AvgIpc) is 3.80. The molecule has 8 heteroatoms. The summed E-state index contributed by atoms with van der Waals surface area (Å²) in [7, 11) is 0. The Bertz CT molecular complexity index is 2290. The number of nitrogens with zero attached hydrogens (tertiary/aromatic N) is 4. The molecule has 0 bridgehead atoms. The summed E-state index contributed by atoms with van der Waals surface area (Å²) in [5.41, 5.74) is 7.41. The number of oxazole rings is 1. The van der Waals surface area contributed by atoms with Gasteiger partial charge in [0.1, 0.15) is 11.1 Å². The molecule has 0 unspecified atom stereocenters. The summed E-state index contributed by atoms with van der Waals surface area (Å²) in [5.74, 6) is -0.296. The molecule has 0 aliphatic heterocycles. The van der Waals surface area contributed by atoms with Gasteiger partial charge in [0.2, 0.25) is 11.5 Å². The second kappa shape index (κ2) is 13.4. The Hall–Kier alpha value is -5.29. The molecule has 48 heavy (non-hydrogen) atoms. The first kappa shape index (κ1) is 31.3. The van der Waals surface area contributed by atoms with Gasteiger partial charge in [-0.15, -0.1) is 0 Å². The standard InChI is InChI=1S/C40H40N4O4/c1-3-5-21-43(22-6-4-2)28-19-20-30-32(24-28)47-38-35(30)34-29-12-9-10-13-31(29)44(23-11-7-8-14-33(45)46)37(34)36-39(38)48-40(42-36)27-17-15-26(25-41)16-18-27/h9-10,12-13,15-20,24H,3-8,11,14,21-23H2,1-2H3,(H,45,46). The van der Waals surface area contributed by atoms with E-state index in [0.717, 1.165) is 107 Å². The third kappa shape index (κ3) is 5.64. The molecular formula is C40H40N4O4. The van der Waals surface area contributed by atoms with Crippen LogP contribution in [-0.4, -0.2) is 33.7 Å². The third-order valence-electron chi connectivity index (χ3n) is 9.41. The van der Waals surface area contributed by atoms with Gasteiger partial charge in [0.05, 0.1) is 17.1 Å². The maximum Gasteiger partial charge on any atom is 0.303 e. The maximum atomic E-state index is 11.1.